The number of pyridine rings is 1. The van der Waals surface area contributed by atoms with E-state index in [2.05, 4.69) is 15.4 Å². The third-order valence-electron chi connectivity index (χ3n) is 4.77. The van der Waals surface area contributed by atoms with Crippen LogP contribution in [-0.4, -0.2) is 38.5 Å². The molecule has 1 aliphatic rings. The first-order chi connectivity index (χ1) is 13.3. The van der Waals surface area contributed by atoms with Gasteiger partial charge in [-0.25, -0.2) is 22.7 Å². The number of rotatable bonds is 3. The summed E-state index contributed by atoms with van der Waals surface area (Å²) in [7, 11) is 0. The maximum absolute atomic E-state index is 14.4. The molecule has 0 aromatic carbocycles. The van der Waals surface area contributed by atoms with E-state index in [1.165, 1.54) is 28.4 Å². The molecule has 148 valence electrons. The molecule has 6 nitrogen and oxygen atoms in total. The van der Waals surface area contributed by atoms with Crippen LogP contribution in [0.1, 0.15) is 29.1 Å². The number of aromatic nitrogens is 3. The van der Waals surface area contributed by atoms with E-state index >= 15 is 0 Å². The summed E-state index contributed by atoms with van der Waals surface area (Å²) in [6.45, 7) is 0. The van der Waals surface area contributed by atoms with Crippen molar-refractivity contribution >= 4 is 34.4 Å². The molecule has 2 atom stereocenters. The first kappa shape index (κ1) is 19.2. The number of carbonyl (C=O) groups excluding carboxylic acids is 1. The molecule has 11 heteroatoms. The summed E-state index contributed by atoms with van der Waals surface area (Å²) in [6, 6.07) is -0.911. The lowest BCUT2D eigenvalue weighted by molar-refractivity contribution is -0.0674. The molecule has 0 spiro atoms. The van der Waals surface area contributed by atoms with Crippen LogP contribution in [0.15, 0.2) is 23.8 Å². The van der Waals surface area contributed by atoms with Crippen molar-refractivity contribution in [2.75, 3.05) is 0 Å². The van der Waals surface area contributed by atoms with E-state index in [0.29, 0.717) is 24.1 Å². The molecule has 1 saturated carbocycles. The lowest BCUT2D eigenvalue weighted by Gasteiger charge is -2.36. The van der Waals surface area contributed by atoms with Gasteiger partial charge in [-0.2, -0.15) is 5.10 Å². The summed E-state index contributed by atoms with van der Waals surface area (Å²) in [6.07, 6.45) is 3.29. The highest BCUT2D eigenvalue weighted by Crippen LogP contribution is 2.34. The van der Waals surface area contributed by atoms with Gasteiger partial charge in [0.25, 0.3) is 11.8 Å². The van der Waals surface area contributed by atoms with Crippen LogP contribution < -0.4 is 11.1 Å². The van der Waals surface area contributed by atoms with E-state index in [1.54, 1.807) is 0 Å². The van der Waals surface area contributed by atoms with Crippen LogP contribution in [0, 0.1) is 5.82 Å². The van der Waals surface area contributed by atoms with Crippen LogP contribution in [0.4, 0.5) is 13.2 Å². The molecule has 0 saturated heterocycles. The van der Waals surface area contributed by atoms with Crippen molar-refractivity contribution in [2.45, 2.75) is 37.3 Å². The summed E-state index contributed by atoms with van der Waals surface area (Å²) in [5.41, 5.74) is 6.54. The van der Waals surface area contributed by atoms with Crippen LogP contribution in [0.5, 0.6) is 0 Å². The van der Waals surface area contributed by atoms with Gasteiger partial charge in [0.15, 0.2) is 10.8 Å². The van der Waals surface area contributed by atoms with Crippen LogP contribution in [0.2, 0.25) is 5.02 Å². The van der Waals surface area contributed by atoms with Crippen LogP contribution in [-0.2, 0) is 0 Å². The molecule has 28 heavy (non-hydrogen) atoms. The Morgan fingerprint density at radius 1 is 1.46 bits per heavy atom. The summed E-state index contributed by atoms with van der Waals surface area (Å²) >= 11 is 6.79. The zero-order valence-electron chi connectivity index (χ0n) is 14.3. The Labute approximate surface area is 166 Å². The predicted molar refractivity (Wildman–Crippen MR) is 99.3 cm³/mol. The minimum absolute atomic E-state index is 0.0228. The molecule has 3 aromatic heterocycles. The summed E-state index contributed by atoms with van der Waals surface area (Å²) in [4.78, 5) is 16.6. The molecule has 3 N–H and O–H groups in total. The number of amides is 1. The molecule has 3 heterocycles. The van der Waals surface area contributed by atoms with Gasteiger partial charge in [-0.15, -0.1) is 11.3 Å². The second-order valence-electron chi connectivity index (χ2n) is 6.64. The van der Waals surface area contributed by atoms with E-state index < -0.39 is 29.7 Å². The third kappa shape index (κ3) is 3.25. The average molecular weight is 430 g/mol. The lowest BCUT2D eigenvalue weighted by atomic mass is 9.87. The Hall–Kier alpha value is -2.17. The van der Waals surface area contributed by atoms with E-state index in [0.717, 1.165) is 11.3 Å². The Kier molecular flexibility index (Phi) is 4.80. The minimum Gasteiger partial charge on any atom is -0.340 e. The third-order valence-corrected chi connectivity index (χ3v) is 5.90. The number of alkyl halides is 2. The van der Waals surface area contributed by atoms with Gasteiger partial charge in [0.05, 0.1) is 16.9 Å². The molecular weight excluding hydrogens is 415 g/mol. The molecule has 0 radical (unpaired) electrons. The number of nitrogens with two attached hydrogens (primary N) is 1. The standard InChI is InChI=1S/C17H15ClF3N5OS/c18-9-3-5-26-13(12(9)19)8(6-23-26)11-7-28-16(24-11)15(27)25-14-10(22)2-1-4-17(14,20)21/h3,5-7,10,14H,1-2,4,22H2,(H,25,27)/t10-,14+/m0/s1. The largest absolute Gasteiger partial charge is 0.340 e. The smallest absolute Gasteiger partial charge is 0.280 e. The number of carbonyl (C=O) groups is 1. The molecule has 0 aliphatic heterocycles. The van der Waals surface area contributed by atoms with Gasteiger partial charge in [-0.1, -0.05) is 11.6 Å². The monoisotopic (exact) mass is 429 g/mol. The molecule has 1 amide bonds. The Bertz CT molecular complexity index is 1050. The number of hydrogen-bond donors (Lipinski definition) is 2. The van der Waals surface area contributed by atoms with Crippen molar-refractivity contribution in [1.29, 1.82) is 0 Å². The second kappa shape index (κ2) is 7.02. The van der Waals surface area contributed by atoms with Gasteiger partial charge >= 0.3 is 0 Å². The number of fused-ring (bicyclic) bond motifs is 1. The molecule has 1 fully saturated rings. The van der Waals surface area contributed by atoms with Crippen molar-refractivity contribution in [3.63, 3.8) is 0 Å². The Morgan fingerprint density at radius 2 is 2.25 bits per heavy atom. The minimum atomic E-state index is -3.07. The number of halogens is 4. The van der Waals surface area contributed by atoms with Crippen molar-refractivity contribution < 1.29 is 18.0 Å². The van der Waals surface area contributed by atoms with Crippen molar-refractivity contribution in [1.82, 2.24) is 19.9 Å². The Morgan fingerprint density at radius 3 is 3.00 bits per heavy atom. The van der Waals surface area contributed by atoms with Gasteiger partial charge < -0.3 is 11.1 Å². The van der Waals surface area contributed by atoms with E-state index in [-0.39, 0.29) is 22.0 Å². The molecule has 0 unspecified atom stereocenters. The molecule has 0 bridgehead atoms. The fourth-order valence-electron chi connectivity index (χ4n) is 3.33. The van der Waals surface area contributed by atoms with Crippen molar-refractivity contribution in [2.24, 2.45) is 5.73 Å². The van der Waals surface area contributed by atoms with Gasteiger partial charge in [0, 0.05) is 29.6 Å². The van der Waals surface area contributed by atoms with Crippen molar-refractivity contribution in [3.8, 4) is 11.3 Å². The predicted octanol–water partition coefficient (Wildman–Crippen LogP) is 3.50. The first-order valence-electron chi connectivity index (χ1n) is 8.49. The van der Waals surface area contributed by atoms with E-state index in [9.17, 15) is 18.0 Å². The molecule has 1 aliphatic carbocycles. The highest BCUT2D eigenvalue weighted by molar-refractivity contribution is 7.12. The van der Waals surface area contributed by atoms with Gasteiger partial charge in [-0.3, -0.25) is 4.79 Å². The summed E-state index contributed by atoms with van der Waals surface area (Å²) in [5.74, 6) is -4.48. The topological polar surface area (TPSA) is 85.3 Å². The summed E-state index contributed by atoms with van der Waals surface area (Å²) in [5, 5.41) is 7.79. The molecule has 4 rings (SSSR count). The molecular formula is C17H15ClF3N5OS. The van der Waals surface area contributed by atoms with Crippen LogP contribution in [0.3, 0.4) is 0 Å². The van der Waals surface area contributed by atoms with Crippen molar-refractivity contribution in [3.05, 3.63) is 39.7 Å². The first-order valence-corrected chi connectivity index (χ1v) is 9.75. The molecule has 3 aromatic rings. The maximum Gasteiger partial charge on any atom is 0.280 e. The fraction of sp³-hybridized carbons (Fsp3) is 0.353. The van der Waals surface area contributed by atoms with Gasteiger partial charge in [0.1, 0.15) is 11.6 Å². The van der Waals surface area contributed by atoms with Gasteiger partial charge in [0.2, 0.25) is 0 Å². The maximum atomic E-state index is 14.4. The van der Waals surface area contributed by atoms with E-state index in [1.807, 2.05) is 0 Å². The Balaban J connectivity index is 1.61. The zero-order valence-corrected chi connectivity index (χ0v) is 15.9. The highest BCUT2D eigenvalue weighted by atomic mass is 35.5. The fourth-order valence-corrected chi connectivity index (χ4v) is 4.20. The quantitative estimate of drug-likeness (QED) is 0.667. The van der Waals surface area contributed by atoms with Crippen LogP contribution in [0.25, 0.3) is 16.8 Å². The summed E-state index contributed by atoms with van der Waals surface area (Å²) < 4.78 is 43.9. The average Bonchev–Trinajstić information content (AvgIpc) is 3.28. The zero-order chi connectivity index (χ0) is 20.1. The van der Waals surface area contributed by atoms with Gasteiger partial charge in [-0.05, 0) is 18.9 Å². The normalized spacial score (nSPS) is 21.8. The number of nitrogens with one attached hydrogen (secondary N) is 1. The highest BCUT2D eigenvalue weighted by Gasteiger charge is 2.46. The van der Waals surface area contributed by atoms with Crippen LogP contribution >= 0.6 is 22.9 Å². The number of hydrogen-bond acceptors (Lipinski definition) is 5. The number of nitrogens with zero attached hydrogens (tertiary/aromatic N) is 3. The SMILES string of the molecule is N[C@H]1CCCC(F)(F)[C@@H]1NC(=O)c1nc(-c2cnn3ccc(Cl)c(F)c23)cs1. The van der Waals surface area contributed by atoms with E-state index in [4.69, 9.17) is 17.3 Å². The lowest BCUT2D eigenvalue weighted by Crippen LogP contribution is -2.59. The second-order valence-corrected chi connectivity index (χ2v) is 7.90. The number of thiazole rings is 1.